The second-order valence-electron chi connectivity index (χ2n) is 1.89. The monoisotopic (exact) mass is 189 g/mol. The van der Waals surface area contributed by atoms with E-state index in [9.17, 15) is 10.1 Å². The van der Waals surface area contributed by atoms with Crippen LogP contribution in [0.2, 0.25) is 0 Å². The van der Waals surface area contributed by atoms with Gasteiger partial charge >= 0.3 is 11.6 Å². The molecule has 1 rings (SSSR count). The molecule has 0 saturated carbocycles. The van der Waals surface area contributed by atoms with Crippen LogP contribution in [0.4, 0.5) is 10.7 Å². The number of ether oxygens (including phenoxy) is 1. The first-order chi connectivity index (χ1) is 5.66. The normalized spacial score (nSPS) is 9.75. The molecular weight excluding hydrogens is 182 g/mol. The Labute approximate surface area is 72.3 Å². The Morgan fingerprint density at radius 1 is 1.83 bits per heavy atom. The molecule has 1 heterocycles. The van der Waals surface area contributed by atoms with Crippen LogP contribution in [0.1, 0.15) is 6.92 Å². The fraction of sp³-hybridized carbons (Fsp3) is 0.400. The van der Waals surface area contributed by atoms with E-state index in [4.69, 9.17) is 10.5 Å². The Bertz CT molecular complexity index is 298. The predicted molar refractivity (Wildman–Crippen MR) is 44.3 cm³/mol. The van der Waals surface area contributed by atoms with E-state index < -0.39 is 4.92 Å². The van der Waals surface area contributed by atoms with Gasteiger partial charge in [0, 0.05) is 0 Å². The van der Waals surface area contributed by atoms with Crippen molar-refractivity contribution < 1.29 is 9.66 Å². The summed E-state index contributed by atoms with van der Waals surface area (Å²) in [6.07, 6.45) is 0. The van der Waals surface area contributed by atoms with Gasteiger partial charge in [-0.2, -0.15) is 0 Å². The van der Waals surface area contributed by atoms with E-state index in [0.717, 1.165) is 11.5 Å². The minimum atomic E-state index is -0.593. The fourth-order valence-corrected chi connectivity index (χ4v) is 1.25. The van der Waals surface area contributed by atoms with Crippen LogP contribution in [0.3, 0.4) is 0 Å². The summed E-state index contributed by atoms with van der Waals surface area (Å²) < 4.78 is 8.58. The molecule has 66 valence electrons. The van der Waals surface area contributed by atoms with Gasteiger partial charge in [0.05, 0.1) is 11.5 Å². The number of nitrogens with zero attached hydrogens (tertiary/aromatic N) is 2. The first-order valence-corrected chi connectivity index (χ1v) is 3.96. The topological polar surface area (TPSA) is 91.3 Å². The molecule has 7 heteroatoms. The molecule has 0 bridgehead atoms. The van der Waals surface area contributed by atoms with Crippen LogP contribution in [0.5, 0.6) is 5.88 Å². The van der Waals surface area contributed by atoms with E-state index in [2.05, 4.69) is 4.37 Å². The maximum atomic E-state index is 10.4. The summed E-state index contributed by atoms with van der Waals surface area (Å²) in [6.45, 7) is 2.06. The Morgan fingerprint density at radius 3 is 3.00 bits per heavy atom. The third-order valence-corrected chi connectivity index (χ3v) is 1.77. The lowest BCUT2D eigenvalue weighted by Crippen LogP contribution is -1.97. The number of aromatic nitrogens is 1. The van der Waals surface area contributed by atoms with Gasteiger partial charge in [-0.25, -0.2) is 0 Å². The van der Waals surface area contributed by atoms with E-state index in [-0.39, 0.29) is 16.6 Å². The van der Waals surface area contributed by atoms with Crippen LogP contribution in [0.25, 0.3) is 0 Å². The van der Waals surface area contributed by atoms with Crippen molar-refractivity contribution in [2.24, 2.45) is 0 Å². The van der Waals surface area contributed by atoms with Gasteiger partial charge in [0.2, 0.25) is 0 Å². The van der Waals surface area contributed by atoms with E-state index in [1.807, 2.05) is 0 Å². The molecule has 12 heavy (non-hydrogen) atoms. The Balaban J connectivity index is 3.04. The number of hydrogen-bond donors (Lipinski definition) is 1. The summed E-state index contributed by atoms with van der Waals surface area (Å²) in [5.41, 5.74) is 5.07. The van der Waals surface area contributed by atoms with Gasteiger partial charge in [-0.3, -0.25) is 10.1 Å². The van der Waals surface area contributed by atoms with E-state index in [1.54, 1.807) is 6.92 Å². The maximum absolute atomic E-state index is 10.4. The molecule has 6 nitrogen and oxygen atoms in total. The number of hydrogen-bond acceptors (Lipinski definition) is 6. The van der Waals surface area contributed by atoms with Crippen LogP contribution in [0.15, 0.2) is 0 Å². The maximum Gasteiger partial charge on any atom is 0.366 e. The average molecular weight is 189 g/mol. The van der Waals surface area contributed by atoms with Crippen LogP contribution in [0, 0.1) is 10.1 Å². The molecule has 2 N–H and O–H groups in total. The zero-order chi connectivity index (χ0) is 9.14. The highest BCUT2D eigenvalue weighted by atomic mass is 32.1. The lowest BCUT2D eigenvalue weighted by molar-refractivity contribution is -0.384. The SMILES string of the molecule is CCOc1nsc(N)c1[N+](=O)[O-]. The minimum absolute atomic E-state index is 0.00463. The summed E-state index contributed by atoms with van der Waals surface area (Å²) in [5, 5.41) is 10.5. The van der Waals surface area contributed by atoms with Crippen molar-refractivity contribution in [1.29, 1.82) is 0 Å². The molecule has 1 aromatic rings. The predicted octanol–water partition coefficient (Wildman–Crippen LogP) is 1.03. The number of nitro groups is 1. The third kappa shape index (κ3) is 1.45. The molecule has 1 aromatic heterocycles. The van der Waals surface area contributed by atoms with Crippen molar-refractivity contribution in [3.63, 3.8) is 0 Å². The van der Waals surface area contributed by atoms with Gasteiger partial charge in [0.25, 0.3) is 0 Å². The second-order valence-corrected chi connectivity index (χ2v) is 2.70. The molecule has 0 aliphatic heterocycles. The lowest BCUT2D eigenvalue weighted by atomic mass is 10.5. The summed E-state index contributed by atoms with van der Waals surface area (Å²) in [7, 11) is 0. The van der Waals surface area contributed by atoms with Crippen LogP contribution >= 0.6 is 11.5 Å². The zero-order valence-corrected chi connectivity index (χ0v) is 7.13. The summed E-state index contributed by atoms with van der Waals surface area (Å²) in [4.78, 5) is 9.80. The van der Waals surface area contributed by atoms with Crippen LogP contribution in [-0.2, 0) is 0 Å². The number of anilines is 1. The van der Waals surface area contributed by atoms with E-state index >= 15 is 0 Å². The van der Waals surface area contributed by atoms with Crippen LogP contribution < -0.4 is 10.5 Å². The highest BCUT2D eigenvalue weighted by Crippen LogP contribution is 2.35. The van der Waals surface area contributed by atoms with Gasteiger partial charge < -0.3 is 10.5 Å². The Hall–Kier alpha value is -1.37. The first-order valence-electron chi connectivity index (χ1n) is 3.19. The summed E-state index contributed by atoms with van der Waals surface area (Å²) >= 11 is 0.860. The van der Waals surface area contributed by atoms with Crippen molar-refractivity contribution in [3.05, 3.63) is 10.1 Å². The van der Waals surface area contributed by atoms with Crippen molar-refractivity contribution in [3.8, 4) is 5.88 Å². The summed E-state index contributed by atoms with van der Waals surface area (Å²) in [6, 6.07) is 0. The summed E-state index contributed by atoms with van der Waals surface area (Å²) in [5.74, 6) is 0.00463. The van der Waals surface area contributed by atoms with Gasteiger partial charge in [-0.05, 0) is 18.5 Å². The molecule has 0 fully saturated rings. The van der Waals surface area contributed by atoms with Gasteiger partial charge in [0.1, 0.15) is 0 Å². The first kappa shape index (κ1) is 8.72. The largest absolute Gasteiger partial charge is 0.472 e. The van der Waals surface area contributed by atoms with Gasteiger partial charge in [-0.15, -0.1) is 4.37 Å². The van der Waals surface area contributed by atoms with E-state index in [1.165, 1.54) is 0 Å². The molecule has 0 saturated heterocycles. The second kappa shape index (κ2) is 3.35. The number of rotatable bonds is 3. The lowest BCUT2D eigenvalue weighted by Gasteiger charge is -1.95. The quantitative estimate of drug-likeness (QED) is 0.566. The standard InChI is InChI=1S/C5H7N3O3S/c1-2-11-5-3(8(9)10)4(6)12-7-5/h2,6H2,1H3. The molecule has 0 aliphatic carbocycles. The molecule has 0 radical (unpaired) electrons. The third-order valence-electron chi connectivity index (χ3n) is 1.13. The highest BCUT2D eigenvalue weighted by Gasteiger charge is 2.23. The van der Waals surface area contributed by atoms with Gasteiger partial charge in [0.15, 0.2) is 5.00 Å². The molecule has 0 amide bonds. The highest BCUT2D eigenvalue weighted by molar-refractivity contribution is 7.10. The Morgan fingerprint density at radius 2 is 2.50 bits per heavy atom. The van der Waals surface area contributed by atoms with Crippen molar-refractivity contribution in [2.75, 3.05) is 12.3 Å². The molecular formula is C5H7N3O3S. The van der Waals surface area contributed by atoms with Crippen LogP contribution in [-0.4, -0.2) is 15.9 Å². The minimum Gasteiger partial charge on any atom is -0.472 e. The fourth-order valence-electron chi connectivity index (χ4n) is 0.682. The van der Waals surface area contributed by atoms with Crippen molar-refractivity contribution >= 4 is 22.2 Å². The smallest absolute Gasteiger partial charge is 0.366 e. The van der Waals surface area contributed by atoms with Crippen molar-refractivity contribution in [1.82, 2.24) is 4.37 Å². The molecule has 0 aromatic carbocycles. The van der Waals surface area contributed by atoms with Gasteiger partial charge in [-0.1, -0.05) is 0 Å². The molecule has 0 spiro atoms. The molecule has 0 aliphatic rings. The van der Waals surface area contributed by atoms with Crippen molar-refractivity contribution in [2.45, 2.75) is 6.92 Å². The molecule has 0 unspecified atom stereocenters. The Kier molecular flexibility index (Phi) is 2.44. The zero-order valence-electron chi connectivity index (χ0n) is 6.31. The number of nitrogens with two attached hydrogens (primary N) is 1. The number of nitrogen functional groups attached to an aromatic ring is 1. The molecule has 0 atom stereocenters. The van der Waals surface area contributed by atoms with E-state index in [0.29, 0.717) is 6.61 Å². The average Bonchev–Trinajstić information content (AvgIpc) is 2.32.